The molecule has 1 fully saturated rings. The summed E-state index contributed by atoms with van der Waals surface area (Å²) in [5, 5.41) is 1.21. The van der Waals surface area contributed by atoms with Crippen molar-refractivity contribution < 1.29 is 0 Å². The molecule has 1 aliphatic rings. The number of nitrogens with zero attached hydrogens (tertiary/aromatic N) is 2. The molecule has 0 aliphatic carbocycles. The van der Waals surface area contributed by atoms with Gasteiger partial charge in [-0.2, -0.15) is 0 Å². The average Bonchev–Trinajstić information content (AvgIpc) is 2.29. The first kappa shape index (κ1) is 13.9. The highest BCUT2D eigenvalue weighted by Gasteiger charge is 2.25. The van der Waals surface area contributed by atoms with Gasteiger partial charge in [0.2, 0.25) is 0 Å². The lowest BCUT2D eigenvalue weighted by Gasteiger charge is -2.34. The highest BCUT2D eigenvalue weighted by molar-refractivity contribution is 8.00. The Morgan fingerprint density at radius 1 is 1.33 bits per heavy atom. The van der Waals surface area contributed by atoms with E-state index in [2.05, 4.69) is 49.8 Å². The number of pyridine rings is 1. The Morgan fingerprint density at radius 2 is 2.11 bits per heavy atom. The standard InChI is InChI=1S/C15H24N2S/c1-15(2,3)18-14-12(8-7-10-16-14)13-9-5-6-11-17(13)4/h7-8,10,13H,5-6,9,11H2,1-4H3. The van der Waals surface area contributed by atoms with Gasteiger partial charge in [0.15, 0.2) is 0 Å². The predicted molar refractivity (Wildman–Crippen MR) is 79.1 cm³/mol. The first-order chi connectivity index (χ1) is 8.47. The van der Waals surface area contributed by atoms with E-state index in [1.807, 2.05) is 18.0 Å². The Hall–Kier alpha value is -0.540. The summed E-state index contributed by atoms with van der Waals surface area (Å²) in [6, 6.07) is 4.88. The minimum atomic E-state index is 0.219. The van der Waals surface area contributed by atoms with Crippen LogP contribution in [-0.4, -0.2) is 28.2 Å². The smallest absolute Gasteiger partial charge is 0.101 e. The number of hydrogen-bond acceptors (Lipinski definition) is 3. The molecule has 1 atom stereocenters. The monoisotopic (exact) mass is 264 g/mol. The van der Waals surface area contributed by atoms with E-state index >= 15 is 0 Å². The van der Waals surface area contributed by atoms with Crippen molar-refractivity contribution in [2.24, 2.45) is 0 Å². The maximum absolute atomic E-state index is 4.61. The van der Waals surface area contributed by atoms with Crippen LogP contribution in [0.25, 0.3) is 0 Å². The lowest BCUT2D eigenvalue weighted by molar-refractivity contribution is 0.184. The molecule has 0 saturated carbocycles. The van der Waals surface area contributed by atoms with Gasteiger partial charge in [-0.25, -0.2) is 4.98 Å². The summed E-state index contributed by atoms with van der Waals surface area (Å²) in [4.78, 5) is 7.09. The van der Waals surface area contributed by atoms with E-state index in [9.17, 15) is 0 Å². The van der Waals surface area contributed by atoms with Gasteiger partial charge in [0.25, 0.3) is 0 Å². The van der Waals surface area contributed by atoms with Gasteiger partial charge in [-0.15, -0.1) is 11.8 Å². The average molecular weight is 264 g/mol. The summed E-state index contributed by atoms with van der Waals surface area (Å²) in [5.74, 6) is 0. The van der Waals surface area contributed by atoms with Gasteiger partial charge in [0, 0.05) is 22.5 Å². The zero-order valence-corrected chi connectivity index (χ0v) is 12.8. The summed E-state index contributed by atoms with van der Waals surface area (Å²) in [6.07, 6.45) is 5.85. The van der Waals surface area contributed by atoms with Crippen LogP contribution in [0, 0.1) is 0 Å². The molecular weight excluding hydrogens is 240 g/mol. The van der Waals surface area contributed by atoms with Crippen molar-refractivity contribution in [3.63, 3.8) is 0 Å². The number of piperidine rings is 1. The molecule has 1 aliphatic heterocycles. The van der Waals surface area contributed by atoms with Gasteiger partial charge >= 0.3 is 0 Å². The quantitative estimate of drug-likeness (QED) is 0.747. The lowest BCUT2D eigenvalue weighted by atomic mass is 9.97. The van der Waals surface area contributed by atoms with Crippen LogP contribution in [0.1, 0.15) is 51.6 Å². The second kappa shape index (κ2) is 5.62. The fourth-order valence-electron chi connectivity index (χ4n) is 2.50. The molecular formula is C15H24N2S. The molecule has 0 radical (unpaired) electrons. The Bertz CT molecular complexity index is 398. The SMILES string of the molecule is CN1CCCCC1c1cccnc1SC(C)(C)C. The molecule has 3 heteroatoms. The third-order valence-electron chi connectivity index (χ3n) is 3.33. The van der Waals surface area contributed by atoms with Gasteiger partial charge < -0.3 is 0 Å². The topological polar surface area (TPSA) is 16.1 Å². The van der Waals surface area contributed by atoms with E-state index in [4.69, 9.17) is 0 Å². The number of thioether (sulfide) groups is 1. The highest BCUT2D eigenvalue weighted by Crippen LogP contribution is 2.38. The van der Waals surface area contributed by atoms with Crippen molar-refractivity contribution in [1.82, 2.24) is 9.88 Å². The molecule has 0 N–H and O–H groups in total. The number of likely N-dealkylation sites (tertiary alicyclic amines) is 1. The summed E-state index contributed by atoms with van der Waals surface area (Å²) in [7, 11) is 2.24. The van der Waals surface area contributed by atoms with E-state index in [1.54, 1.807) is 0 Å². The Kier molecular flexibility index (Phi) is 4.33. The largest absolute Gasteiger partial charge is 0.299 e. The van der Waals surface area contributed by atoms with Crippen molar-refractivity contribution in [3.8, 4) is 0 Å². The summed E-state index contributed by atoms with van der Waals surface area (Å²) in [6.45, 7) is 7.96. The minimum absolute atomic E-state index is 0.219. The third-order valence-corrected chi connectivity index (χ3v) is 4.48. The number of hydrogen-bond donors (Lipinski definition) is 0. The van der Waals surface area contributed by atoms with E-state index in [-0.39, 0.29) is 4.75 Å². The zero-order chi connectivity index (χ0) is 13.2. The molecule has 1 saturated heterocycles. The van der Waals surface area contributed by atoms with Gasteiger partial charge in [0.1, 0.15) is 5.03 Å². The fraction of sp³-hybridized carbons (Fsp3) is 0.667. The van der Waals surface area contributed by atoms with Crippen molar-refractivity contribution in [2.45, 2.75) is 55.8 Å². The first-order valence-corrected chi connectivity index (χ1v) is 7.63. The van der Waals surface area contributed by atoms with Crippen LogP contribution in [0.4, 0.5) is 0 Å². The molecule has 0 spiro atoms. The summed E-state index contributed by atoms with van der Waals surface area (Å²) >= 11 is 1.89. The van der Waals surface area contributed by atoms with Crippen LogP contribution in [0.15, 0.2) is 23.4 Å². The van der Waals surface area contributed by atoms with Crippen LogP contribution < -0.4 is 0 Å². The number of rotatable bonds is 2. The van der Waals surface area contributed by atoms with Gasteiger partial charge in [-0.3, -0.25) is 4.90 Å². The normalized spacial score (nSPS) is 22.1. The molecule has 100 valence electrons. The molecule has 2 nitrogen and oxygen atoms in total. The number of aromatic nitrogens is 1. The second-order valence-corrected chi connectivity index (χ2v) is 7.92. The molecule has 0 bridgehead atoms. The molecule has 2 heterocycles. The van der Waals surface area contributed by atoms with Crippen molar-refractivity contribution >= 4 is 11.8 Å². The van der Waals surface area contributed by atoms with E-state index in [0.717, 1.165) is 0 Å². The van der Waals surface area contributed by atoms with Crippen LogP contribution in [-0.2, 0) is 0 Å². The second-order valence-electron chi connectivity index (χ2n) is 6.10. The van der Waals surface area contributed by atoms with Gasteiger partial charge in [-0.1, -0.05) is 33.3 Å². The molecule has 18 heavy (non-hydrogen) atoms. The fourth-order valence-corrected chi connectivity index (χ4v) is 3.52. The maximum atomic E-state index is 4.61. The zero-order valence-electron chi connectivity index (χ0n) is 11.9. The Labute approximate surface area is 115 Å². The minimum Gasteiger partial charge on any atom is -0.299 e. The summed E-state index contributed by atoms with van der Waals surface area (Å²) < 4.78 is 0.219. The molecule has 2 rings (SSSR count). The van der Waals surface area contributed by atoms with Crippen molar-refractivity contribution in [3.05, 3.63) is 23.9 Å². The molecule has 1 aromatic rings. The highest BCUT2D eigenvalue weighted by atomic mass is 32.2. The van der Waals surface area contributed by atoms with Crippen LogP contribution in [0.5, 0.6) is 0 Å². The van der Waals surface area contributed by atoms with Crippen LogP contribution in [0.2, 0.25) is 0 Å². The summed E-state index contributed by atoms with van der Waals surface area (Å²) in [5.41, 5.74) is 1.42. The predicted octanol–water partition coefficient (Wildman–Crippen LogP) is 4.13. The molecule has 0 amide bonds. The van der Waals surface area contributed by atoms with Crippen LogP contribution >= 0.6 is 11.8 Å². The van der Waals surface area contributed by atoms with E-state index in [0.29, 0.717) is 6.04 Å². The van der Waals surface area contributed by atoms with Gasteiger partial charge in [-0.05, 0) is 32.5 Å². The van der Waals surface area contributed by atoms with Crippen LogP contribution in [0.3, 0.4) is 0 Å². The maximum Gasteiger partial charge on any atom is 0.101 e. The Balaban J connectivity index is 2.26. The van der Waals surface area contributed by atoms with Crippen molar-refractivity contribution in [1.29, 1.82) is 0 Å². The van der Waals surface area contributed by atoms with Gasteiger partial charge in [0.05, 0.1) is 0 Å². The third kappa shape index (κ3) is 3.48. The first-order valence-electron chi connectivity index (χ1n) is 6.81. The Morgan fingerprint density at radius 3 is 2.78 bits per heavy atom. The van der Waals surface area contributed by atoms with E-state index < -0.39 is 0 Å². The van der Waals surface area contributed by atoms with Crippen molar-refractivity contribution in [2.75, 3.05) is 13.6 Å². The molecule has 1 aromatic heterocycles. The molecule has 0 aromatic carbocycles. The molecule has 1 unspecified atom stereocenters. The van der Waals surface area contributed by atoms with E-state index in [1.165, 1.54) is 36.4 Å². The lowest BCUT2D eigenvalue weighted by Crippen LogP contribution is -2.30.